The summed E-state index contributed by atoms with van der Waals surface area (Å²) in [5.74, 6) is -0.0411. The van der Waals surface area contributed by atoms with Crippen LogP contribution >= 0.6 is 0 Å². The van der Waals surface area contributed by atoms with Crippen LogP contribution in [0.3, 0.4) is 0 Å². The molecule has 0 atom stereocenters. The molecule has 2 N–H and O–H groups in total. The molecular formula is C32H32N2O5. The van der Waals surface area contributed by atoms with Gasteiger partial charge in [-0.15, -0.1) is 0 Å². The molecule has 4 rings (SSSR count). The Bertz CT molecular complexity index is 1450. The number of hydrogen-bond donors (Lipinski definition) is 2. The first-order valence-electron chi connectivity index (χ1n) is 12.8. The van der Waals surface area contributed by atoms with Crippen LogP contribution in [0.25, 0.3) is 10.8 Å². The van der Waals surface area contributed by atoms with Gasteiger partial charge in [-0.3, -0.25) is 14.4 Å². The molecular weight excluding hydrogens is 492 g/mol. The number of benzene rings is 4. The second-order valence-electron chi connectivity index (χ2n) is 10.2. The summed E-state index contributed by atoms with van der Waals surface area (Å²) in [6.45, 7) is 6.05. The molecule has 4 aromatic carbocycles. The van der Waals surface area contributed by atoms with Gasteiger partial charge in [0.15, 0.2) is 6.61 Å². The summed E-state index contributed by atoms with van der Waals surface area (Å²) in [4.78, 5) is 36.6. The standard InChI is InChI=1S/C32H32N2O5/c1-32(2,3)23-11-15-25(16-12-23)39-26-17-13-24(14-18-26)33-29(35)19-20-31(37)38-21-30(36)34-28-10-6-8-22-7-4-5-9-27(22)28/h4-18H,19-21H2,1-3H3,(H,33,35)(H,34,36). The normalized spacial score (nSPS) is 11.1. The largest absolute Gasteiger partial charge is 0.457 e. The molecule has 0 aliphatic carbocycles. The molecule has 0 unspecified atom stereocenters. The molecule has 200 valence electrons. The Morgan fingerprint density at radius 1 is 0.692 bits per heavy atom. The highest BCUT2D eigenvalue weighted by Crippen LogP contribution is 2.28. The van der Waals surface area contributed by atoms with E-state index >= 15 is 0 Å². The number of amides is 2. The monoisotopic (exact) mass is 524 g/mol. The summed E-state index contributed by atoms with van der Waals surface area (Å²) in [7, 11) is 0. The van der Waals surface area contributed by atoms with Crippen LogP contribution in [0.15, 0.2) is 91.0 Å². The zero-order valence-corrected chi connectivity index (χ0v) is 22.3. The fourth-order valence-electron chi connectivity index (χ4n) is 3.94. The number of carbonyl (C=O) groups excluding carboxylic acids is 3. The maximum atomic E-state index is 12.3. The number of fused-ring (bicyclic) bond motifs is 1. The molecule has 0 heterocycles. The van der Waals surface area contributed by atoms with Gasteiger partial charge in [-0.25, -0.2) is 0 Å². The quantitative estimate of drug-likeness (QED) is 0.234. The Morgan fingerprint density at radius 3 is 2.03 bits per heavy atom. The molecule has 0 aliphatic heterocycles. The van der Waals surface area contributed by atoms with Crippen LogP contribution in [0.1, 0.15) is 39.2 Å². The Kier molecular flexibility index (Phi) is 8.61. The molecule has 4 aromatic rings. The van der Waals surface area contributed by atoms with Gasteiger partial charge in [0.05, 0.1) is 6.42 Å². The van der Waals surface area contributed by atoms with Gasteiger partial charge in [-0.05, 0) is 58.8 Å². The summed E-state index contributed by atoms with van der Waals surface area (Å²) >= 11 is 0. The van der Waals surface area contributed by atoms with Gasteiger partial charge in [-0.1, -0.05) is 69.3 Å². The van der Waals surface area contributed by atoms with Crippen molar-refractivity contribution in [3.05, 3.63) is 96.6 Å². The predicted octanol–water partition coefficient (Wildman–Crippen LogP) is 6.83. The molecule has 0 radical (unpaired) electrons. The van der Waals surface area contributed by atoms with E-state index < -0.39 is 18.5 Å². The van der Waals surface area contributed by atoms with Gasteiger partial charge >= 0.3 is 5.97 Å². The molecule has 0 saturated heterocycles. The molecule has 2 amide bonds. The van der Waals surface area contributed by atoms with E-state index in [1.807, 2.05) is 60.7 Å². The van der Waals surface area contributed by atoms with Crippen molar-refractivity contribution >= 4 is 39.9 Å². The first-order valence-corrected chi connectivity index (χ1v) is 12.8. The van der Waals surface area contributed by atoms with Crippen LogP contribution in [0, 0.1) is 0 Å². The molecule has 0 aliphatic rings. The van der Waals surface area contributed by atoms with Gasteiger partial charge in [0.2, 0.25) is 5.91 Å². The van der Waals surface area contributed by atoms with Gasteiger partial charge in [-0.2, -0.15) is 0 Å². The van der Waals surface area contributed by atoms with Crippen LogP contribution in [0.5, 0.6) is 11.5 Å². The lowest BCUT2D eigenvalue weighted by Gasteiger charge is -2.19. The Morgan fingerprint density at radius 2 is 1.33 bits per heavy atom. The minimum absolute atomic E-state index is 0.0673. The SMILES string of the molecule is CC(C)(C)c1ccc(Oc2ccc(NC(=O)CCC(=O)OCC(=O)Nc3cccc4ccccc34)cc2)cc1. The number of anilines is 2. The number of esters is 1. The summed E-state index contributed by atoms with van der Waals surface area (Å²) < 4.78 is 10.9. The van der Waals surface area contributed by atoms with Crippen LogP contribution in [-0.2, 0) is 24.5 Å². The zero-order valence-electron chi connectivity index (χ0n) is 22.3. The first-order chi connectivity index (χ1) is 18.7. The molecule has 0 spiro atoms. The van der Waals surface area contributed by atoms with E-state index in [1.54, 1.807) is 30.3 Å². The summed E-state index contributed by atoms with van der Waals surface area (Å²) in [5, 5.41) is 7.39. The van der Waals surface area contributed by atoms with Crippen molar-refractivity contribution in [1.82, 2.24) is 0 Å². The third-order valence-corrected chi connectivity index (χ3v) is 6.08. The zero-order chi connectivity index (χ0) is 27.8. The fourth-order valence-corrected chi connectivity index (χ4v) is 3.94. The lowest BCUT2D eigenvalue weighted by atomic mass is 9.87. The van der Waals surface area contributed by atoms with Gasteiger partial charge in [0.1, 0.15) is 11.5 Å². The Hall–Kier alpha value is -4.65. The Labute approximate surface area is 228 Å². The number of nitrogens with one attached hydrogen (secondary N) is 2. The van der Waals surface area contributed by atoms with E-state index in [1.165, 1.54) is 5.56 Å². The minimum Gasteiger partial charge on any atom is -0.457 e. The van der Waals surface area contributed by atoms with E-state index in [9.17, 15) is 14.4 Å². The maximum Gasteiger partial charge on any atom is 0.306 e. The third-order valence-electron chi connectivity index (χ3n) is 6.08. The van der Waals surface area contributed by atoms with Crippen molar-refractivity contribution in [2.24, 2.45) is 0 Å². The fraction of sp³-hybridized carbons (Fsp3) is 0.219. The van der Waals surface area contributed by atoms with Gasteiger partial charge in [0.25, 0.3) is 5.91 Å². The summed E-state index contributed by atoms with van der Waals surface area (Å²) in [6, 6.07) is 28.2. The van der Waals surface area contributed by atoms with Crippen LogP contribution in [0.4, 0.5) is 11.4 Å². The van der Waals surface area contributed by atoms with Crippen LogP contribution in [0.2, 0.25) is 0 Å². The third kappa shape index (κ3) is 7.92. The van der Waals surface area contributed by atoms with Gasteiger partial charge < -0.3 is 20.1 Å². The predicted molar refractivity (Wildman–Crippen MR) is 153 cm³/mol. The van der Waals surface area contributed by atoms with Crippen molar-refractivity contribution in [3.63, 3.8) is 0 Å². The van der Waals surface area contributed by atoms with E-state index in [0.29, 0.717) is 17.1 Å². The van der Waals surface area contributed by atoms with Crippen molar-refractivity contribution in [2.45, 2.75) is 39.0 Å². The van der Waals surface area contributed by atoms with Crippen LogP contribution < -0.4 is 15.4 Å². The highest BCUT2D eigenvalue weighted by molar-refractivity contribution is 6.02. The van der Waals surface area contributed by atoms with Gasteiger partial charge in [0, 0.05) is 23.2 Å². The van der Waals surface area contributed by atoms with Crippen molar-refractivity contribution in [2.75, 3.05) is 17.2 Å². The smallest absolute Gasteiger partial charge is 0.306 e. The Balaban J connectivity index is 1.18. The average molecular weight is 525 g/mol. The second kappa shape index (κ2) is 12.3. The summed E-state index contributed by atoms with van der Waals surface area (Å²) in [5.41, 5.74) is 2.52. The van der Waals surface area contributed by atoms with E-state index in [-0.39, 0.29) is 24.2 Å². The highest BCUT2D eigenvalue weighted by atomic mass is 16.5. The molecule has 0 fully saturated rings. The average Bonchev–Trinajstić information content (AvgIpc) is 2.92. The molecule has 0 bridgehead atoms. The van der Waals surface area contributed by atoms with E-state index in [0.717, 1.165) is 16.5 Å². The topological polar surface area (TPSA) is 93.7 Å². The van der Waals surface area contributed by atoms with E-state index in [2.05, 4.69) is 31.4 Å². The lowest BCUT2D eigenvalue weighted by Crippen LogP contribution is -2.22. The van der Waals surface area contributed by atoms with Crippen molar-refractivity contribution < 1.29 is 23.9 Å². The highest BCUT2D eigenvalue weighted by Gasteiger charge is 2.14. The number of carbonyl (C=O) groups is 3. The molecule has 39 heavy (non-hydrogen) atoms. The molecule has 0 saturated carbocycles. The number of ether oxygens (including phenoxy) is 2. The number of hydrogen-bond acceptors (Lipinski definition) is 5. The molecule has 7 heteroatoms. The minimum atomic E-state index is -0.626. The van der Waals surface area contributed by atoms with Crippen LogP contribution in [-0.4, -0.2) is 24.4 Å². The molecule has 7 nitrogen and oxygen atoms in total. The molecule has 0 aromatic heterocycles. The lowest BCUT2D eigenvalue weighted by molar-refractivity contribution is -0.147. The number of rotatable bonds is 9. The second-order valence-corrected chi connectivity index (χ2v) is 10.2. The maximum absolute atomic E-state index is 12.3. The summed E-state index contributed by atoms with van der Waals surface area (Å²) in [6.07, 6.45) is -0.207. The van der Waals surface area contributed by atoms with Crippen molar-refractivity contribution in [1.29, 1.82) is 0 Å². The van der Waals surface area contributed by atoms with Crippen molar-refractivity contribution in [3.8, 4) is 11.5 Å². The first kappa shape index (κ1) is 27.4. The van der Waals surface area contributed by atoms with E-state index in [4.69, 9.17) is 9.47 Å².